The largest absolute Gasteiger partial charge is 1.00 e. The number of hydrogen-bond donors (Lipinski definition) is 1. The molecule has 0 radical (unpaired) electrons. The van der Waals surface area contributed by atoms with E-state index < -0.39 is 6.67 Å². The molecule has 1 rings (SSSR count). The van der Waals surface area contributed by atoms with E-state index in [2.05, 4.69) is 5.73 Å². The van der Waals surface area contributed by atoms with Crippen molar-refractivity contribution in [1.29, 1.82) is 0 Å². The molecule has 0 aliphatic rings. The molecule has 0 aromatic carbocycles. The SMILES string of the molecule is [Cl-].[NH3+][C@H](CF)c1ccco1. The highest BCUT2D eigenvalue weighted by molar-refractivity contribution is 5.00. The van der Waals surface area contributed by atoms with Gasteiger partial charge in [0, 0.05) is 0 Å². The molecule has 0 saturated heterocycles. The summed E-state index contributed by atoms with van der Waals surface area (Å²) in [4.78, 5) is 0. The Kier molecular flexibility index (Phi) is 4.07. The van der Waals surface area contributed by atoms with Crippen LogP contribution in [0.1, 0.15) is 11.8 Å². The third-order valence-electron chi connectivity index (χ3n) is 1.13. The Morgan fingerprint density at radius 3 is 2.80 bits per heavy atom. The normalized spacial score (nSPS) is 12.2. The monoisotopic (exact) mass is 165 g/mol. The van der Waals surface area contributed by atoms with Crippen molar-refractivity contribution in [2.24, 2.45) is 0 Å². The van der Waals surface area contributed by atoms with E-state index in [1.807, 2.05) is 0 Å². The van der Waals surface area contributed by atoms with E-state index in [1.54, 1.807) is 12.1 Å². The average molecular weight is 166 g/mol. The smallest absolute Gasteiger partial charge is 0.171 e. The van der Waals surface area contributed by atoms with Crippen molar-refractivity contribution >= 4 is 0 Å². The van der Waals surface area contributed by atoms with Crippen LogP contribution < -0.4 is 18.1 Å². The van der Waals surface area contributed by atoms with Crippen LogP contribution in [0, 0.1) is 0 Å². The first kappa shape index (κ1) is 9.46. The first-order valence-corrected chi connectivity index (χ1v) is 2.77. The molecule has 1 atom stereocenters. The van der Waals surface area contributed by atoms with Crippen LogP contribution in [0.4, 0.5) is 4.39 Å². The van der Waals surface area contributed by atoms with Gasteiger partial charge in [-0.05, 0) is 12.1 Å². The van der Waals surface area contributed by atoms with E-state index >= 15 is 0 Å². The van der Waals surface area contributed by atoms with Gasteiger partial charge in [0.2, 0.25) is 0 Å². The minimum Gasteiger partial charge on any atom is -1.00 e. The van der Waals surface area contributed by atoms with Gasteiger partial charge in [-0.25, -0.2) is 4.39 Å². The van der Waals surface area contributed by atoms with Gasteiger partial charge >= 0.3 is 0 Å². The molecule has 1 aromatic heterocycles. The molecule has 0 bridgehead atoms. The van der Waals surface area contributed by atoms with Crippen LogP contribution in [0.25, 0.3) is 0 Å². The van der Waals surface area contributed by atoms with Crippen LogP contribution >= 0.6 is 0 Å². The lowest BCUT2D eigenvalue weighted by Gasteiger charge is -1.95. The van der Waals surface area contributed by atoms with Crippen molar-refractivity contribution in [3.8, 4) is 0 Å². The van der Waals surface area contributed by atoms with E-state index in [4.69, 9.17) is 4.42 Å². The molecular formula is C6H9ClFNO. The standard InChI is InChI=1S/C6H8FNO.ClH/c7-4-5(8)6-2-1-3-9-6;/h1-3,5H,4,8H2;1H/t5-;/m1./s1. The topological polar surface area (TPSA) is 40.8 Å². The van der Waals surface area contributed by atoms with Crippen molar-refractivity contribution in [3.05, 3.63) is 24.2 Å². The predicted molar refractivity (Wildman–Crippen MR) is 30.3 cm³/mol. The predicted octanol–water partition coefficient (Wildman–Crippen LogP) is -2.46. The summed E-state index contributed by atoms with van der Waals surface area (Å²) < 4.78 is 16.7. The maximum Gasteiger partial charge on any atom is 0.171 e. The zero-order valence-corrected chi connectivity index (χ0v) is 6.14. The van der Waals surface area contributed by atoms with Crippen LogP contribution in [0.15, 0.2) is 22.8 Å². The third-order valence-corrected chi connectivity index (χ3v) is 1.13. The van der Waals surface area contributed by atoms with Crippen molar-refractivity contribution in [2.75, 3.05) is 6.67 Å². The molecule has 4 heteroatoms. The fourth-order valence-electron chi connectivity index (χ4n) is 0.600. The molecule has 0 fully saturated rings. The highest BCUT2D eigenvalue weighted by Crippen LogP contribution is 2.07. The summed E-state index contributed by atoms with van der Waals surface area (Å²) >= 11 is 0. The Hall–Kier alpha value is -0.540. The van der Waals surface area contributed by atoms with Crippen molar-refractivity contribution in [3.63, 3.8) is 0 Å². The molecule has 0 aliphatic heterocycles. The number of halogens is 2. The molecule has 0 amide bonds. The molecule has 3 N–H and O–H groups in total. The van der Waals surface area contributed by atoms with E-state index in [-0.39, 0.29) is 18.4 Å². The van der Waals surface area contributed by atoms with Crippen LogP contribution in [-0.4, -0.2) is 6.67 Å². The van der Waals surface area contributed by atoms with Crippen molar-refractivity contribution in [1.82, 2.24) is 0 Å². The van der Waals surface area contributed by atoms with Crippen LogP contribution in [-0.2, 0) is 0 Å². The Labute approximate surface area is 64.6 Å². The first-order valence-electron chi connectivity index (χ1n) is 2.77. The Morgan fingerprint density at radius 2 is 2.40 bits per heavy atom. The zero-order valence-electron chi connectivity index (χ0n) is 5.39. The molecule has 58 valence electrons. The molecule has 0 unspecified atom stereocenters. The van der Waals surface area contributed by atoms with Crippen molar-refractivity contribution < 1.29 is 26.9 Å². The minimum absolute atomic E-state index is 0. The Bertz CT molecular complexity index is 166. The highest BCUT2D eigenvalue weighted by atomic mass is 35.5. The van der Waals surface area contributed by atoms with Gasteiger partial charge in [0.15, 0.2) is 11.8 Å². The lowest BCUT2D eigenvalue weighted by atomic mass is 10.3. The van der Waals surface area contributed by atoms with Gasteiger partial charge in [-0.15, -0.1) is 0 Å². The second kappa shape index (κ2) is 4.30. The van der Waals surface area contributed by atoms with Crippen LogP contribution in [0.3, 0.4) is 0 Å². The Morgan fingerprint density at radius 1 is 1.70 bits per heavy atom. The summed E-state index contributed by atoms with van der Waals surface area (Å²) in [5.41, 5.74) is 3.53. The van der Waals surface area contributed by atoms with E-state index in [0.29, 0.717) is 5.76 Å². The molecule has 1 heterocycles. The molecule has 0 spiro atoms. The highest BCUT2D eigenvalue weighted by Gasteiger charge is 2.10. The number of alkyl halides is 1. The molecule has 10 heavy (non-hydrogen) atoms. The first-order chi connectivity index (χ1) is 4.34. The van der Waals surface area contributed by atoms with E-state index in [1.165, 1.54) is 6.26 Å². The fourth-order valence-corrected chi connectivity index (χ4v) is 0.600. The average Bonchev–Trinajstić information content (AvgIpc) is 2.37. The third kappa shape index (κ3) is 2.01. The molecule has 0 saturated carbocycles. The molecule has 1 aromatic rings. The van der Waals surface area contributed by atoms with Gasteiger partial charge in [0.1, 0.15) is 6.67 Å². The second-order valence-corrected chi connectivity index (χ2v) is 1.87. The molecule has 2 nitrogen and oxygen atoms in total. The van der Waals surface area contributed by atoms with E-state index in [0.717, 1.165) is 0 Å². The fraction of sp³-hybridized carbons (Fsp3) is 0.333. The van der Waals surface area contributed by atoms with Gasteiger partial charge in [-0.1, -0.05) is 0 Å². The lowest BCUT2D eigenvalue weighted by molar-refractivity contribution is -0.432. The summed E-state index contributed by atoms with van der Waals surface area (Å²) in [6, 6.07) is 3.10. The number of rotatable bonds is 2. The minimum atomic E-state index is -0.465. The Balaban J connectivity index is 0.000000810. The lowest BCUT2D eigenvalue weighted by Crippen LogP contribution is -3.00. The van der Waals surface area contributed by atoms with Gasteiger partial charge in [0.25, 0.3) is 0 Å². The number of furan rings is 1. The zero-order chi connectivity index (χ0) is 6.69. The van der Waals surface area contributed by atoms with Gasteiger partial charge in [0.05, 0.1) is 6.26 Å². The maximum atomic E-state index is 11.8. The molecular weight excluding hydrogens is 157 g/mol. The number of quaternary nitrogens is 1. The molecule has 0 aliphatic carbocycles. The van der Waals surface area contributed by atoms with Gasteiger partial charge in [-0.3, -0.25) is 0 Å². The summed E-state index contributed by atoms with van der Waals surface area (Å²) in [5, 5.41) is 0. The second-order valence-electron chi connectivity index (χ2n) is 1.87. The maximum absolute atomic E-state index is 11.8. The van der Waals surface area contributed by atoms with Crippen LogP contribution in [0.2, 0.25) is 0 Å². The quantitative estimate of drug-likeness (QED) is 0.519. The number of hydrogen-bond acceptors (Lipinski definition) is 1. The van der Waals surface area contributed by atoms with Gasteiger partial charge < -0.3 is 22.6 Å². The summed E-state index contributed by atoms with van der Waals surface area (Å²) in [6.07, 6.45) is 1.52. The summed E-state index contributed by atoms with van der Waals surface area (Å²) in [6.45, 7) is -0.465. The van der Waals surface area contributed by atoms with Crippen LogP contribution in [0.5, 0.6) is 0 Å². The van der Waals surface area contributed by atoms with E-state index in [9.17, 15) is 4.39 Å². The van der Waals surface area contributed by atoms with Crippen molar-refractivity contribution in [2.45, 2.75) is 6.04 Å². The summed E-state index contributed by atoms with van der Waals surface area (Å²) in [7, 11) is 0. The van der Waals surface area contributed by atoms with Gasteiger partial charge in [-0.2, -0.15) is 0 Å². The summed E-state index contributed by atoms with van der Waals surface area (Å²) in [5.74, 6) is 0.609.